The van der Waals surface area contributed by atoms with Crippen LogP contribution in [0.25, 0.3) is 0 Å². The van der Waals surface area contributed by atoms with Crippen molar-refractivity contribution in [2.24, 2.45) is 17.8 Å². The first-order valence-corrected chi connectivity index (χ1v) is 20.7. The lowest BCUT2D eigenvalue weighted by atomic mass is 9.83. The van der Waals surface area contributed by atoms with Crippen molar-refractivity contribution < 1.29 is 76.8 Å². The van der Waals surface area contributed by atoms with E-state index in [4.69, 9.17) is 42.6 Å². The van der Waals surface area contributed by atoms with E-state index in [2.05, 4.69) is 0 Å². The van der Waals surface area contributed by atoms with Crippen molar-refractivity contribution in [2.75, 3.05) is 21.2 Å². The van der Waals surface area contributed by atoms with Gasteiger partial charge in [0.2, 0.25) is 0 Å². The molecule has 0 aliphatic carbocycles. The molecular formula is C42H67NO16. The van der Waals surface area contributed by atoms with E-state index in [-0.39, 0.29) is 49.6 Å². The fourth-order valence-electron chi connectivity index (χ4n) is 8.51. The van der Waals surface area contributed by atoms with Gasteiger partial charge in [-0.15, -0.1) is 0 Å². The molecule has 4 aliphatic rings. The highest BCUT2D eigenvalue weighted by molar-refractivity contribution is 5.91. The Kier molecular flexibility index (Phi) is 17.6. The Morgan fingerprint density at radius 1 is 1.00 bits per heavy atom. The zero-order valence-corrected chi connectivity index (χ0v) is 36.3. The molecule has 0 radical (unpaired) electrons. The minimum Gasteiger partial charge on any atom is -0.462 e. The number of hydrogen-bond donors (Lipinski definition) is 2. The van der Waals surface area contributed by atoms with Gasteiger partial charge in [-0.1, -0.05) is 20.8 Å². The van der Waals surface area contributed by atoms with Crippen LogP contribution in [0.3, 0.4) is 0 Å². The van der Waals surface area contributed by atoms with Gasteiger partial charge in [0.1, 0.15) is 48.5 Å². The Labute approximate surface area is 347 Å². The molecule has 0 unspecified atom stereocenters. The predicted molar refractivity (Wildman–Crippen MR) is 208 cm³/mol. The largest absolute Gasteiger partial charge is 0.462 e. The van der Waals surface area contributed by atoms with Gasteiger partial charge in [0, 0.05) is 45.6 Å². The van der Waals surface area contributed by atoms with Crippen LogP contribution >= 0.6 is 0 Å². The number of methoxy groups -OCH3 is 1. The highest BCUT2D eigenvalue weighted by Gasteiger charge is 2.53. The topological polar surface area (TPSA) is 215 Å². The van der Waals surface area contributed by atoms with Crippen LogP contribution in [0.15, 0.2) is 12.2 Å². The zero-order valence-electron chi connectivity index (χ0n) is 36.3. The van der Waals surface area contributed by atoms with Crippen molar-refractivity contribution in [1.29, 1.82) is 0 Å². The molecule has 336 valence electrons. The van der Waals surface area contributed by atoms with E-state index in [1.165, 1.54) is 20.1 Å². The molecule has 0 amide bonds. The Morgan fingerprint density at radius 2 is 1.69 bits per heavy atom. The second-order valence-electron chi connectivity index (χ2n) is 17.5. The summed E-state index contributed by atoms with van der Waals surface area (Å²) in [5, 5.41) is 23.5. The minimum atomic E-state index is -1.51. The number of rotatable bonds is 12. The van der Waals surface area contributed by atoms with Crippen LogP contribution < -0.4 is 0 Å². The number of epoxide rings is 1. The Morgan fingerprint density at radius 3 is 2.29 bits per heavy atom. The number of esters is 3. The third-order valence-corrected chi connectivity index (χ3v) is 11.4. The third kappa shape index (κ3) is 13.3. The first-order chi connectivity index (χ1) is 27.6. The number of hydrogen-bond acceptors (Lipinski definition) is 17. The number of cyclic esters (lactones) is 1. The van der Waals surface area contributed by atoms with E-state index in [0.717, 1.165) is 0 Å². The van der Waals surface area contributed by atoms with Crippen molar-refractivity contribution in [3.63, 3.8) is 0 Å². The standard InChI is InChI=1S/C42H67NO16/c1-21(2)16-32(47)57-40-25(6)53-34(20-42(40,8)50)58-37-24(5)54-41(36(49)35(37)43(9)10)59-38-27(14-15-44)17-22(3)28(46)12-13-29-30(56-29)18-23(4)52-33(48)19-31(39(38)51-11)55-26(7)45/h12-13,15,21-25,27,29-31,34-41,49-50H,14,16-20H2,1-11H3/b13-12+/t22-,23-,24-,25+,27+,29+,30+,31-,34+,35-,36-,37-,38+,39+,40+,41+,42-/m1/s1. The second kappa shape index (κ2) is 21.3. The summed E-state index contributed by atoms with van der Waals surface area (Å²) in [5.74, 6) is -3.35. The summed E-state index contributed by atoms with van der Waals surface area (Å²) >= 11 is 0. The van der Waals surface area contributed by atoms with E-state index in [9.17, 15) is 34.2 Å². The average Bonchev–Trinajstić information content (AvgIpc) is 3.85. The number of fused-ring (bicyclic) bond motifs is 1. The molecule has 3 fully saturated rings. The number of likely N-dealkylation sites (N-methyl/N-ethyl adjacent to an activating group) is 1. The molecule has 4 rings (SSSR count). The summed E-state index contributed by atoms with van der Waals surface area (Å²) in [6.07, 6.45) is -7.99. The fourth-order valence-corrected chi connectivity index (χ4v) is 8.51. The van der Waals surface area contributed by atoms with E-state index < -0.39 is 115 Å². The number of nitrogens with zero attached hydrogens (tertiary/aromatic N) is 1. The first-order valence-electron chi connectivity index (χ1n) is 20.7. The van der Waals surface area contributed by atoms with E-state index in [1.807, 2.05) is 13.8 Å². The SMILES string of the molecule is CO[C@@H]1[C@@H](O[C@@H]2O[C@H](C)[C@@H](O[C@H]3C[C@@](C)(O)[C@@H](OC(=O)CC(C)C)[C@H](C)O3)[C@H](N(C)C)[C@H]2O)[C@@H](CC=O)C[C@@H](C)C(=O)/C=C/[C@@H]2O[C@H]2C[C@@H](C)OC(=O)C[C@H]1OC(C)=O. The van der Waals surface area contributed by atoms with Gasteiger partial charge >= 0.3 is 17.9 Å². The number of allylic oxidation sites excluding steroid dienone is 1. The quantitative estimate of drug-likeness (QED) is 0.125. The smallest absolute Gasteiger partial charge is 0.309 e. The van der Waals surface area contributed by atoms with Crippen LogP contribution in [-0.2, 0) is 66.6 Å². The van der Waals surface area contributed by atoms with Crippen LogP contribution in [0.2, 0.25) is 0 Å². The minimum absolute atomic E-state index is 0.0551. The van der Waals surface area contributed by atoms with Gasteiger partial charge in [-0.25, -0.2) is 0 Å². The highest BCUT2D eigenvalue weighted by atomic mass is 16.7. The number of aldehydes is 1. The molecule has 2 N–H and O–H groups in total. The Bertz CT molecular complexity index is 1470. The molecule has 59 heavy (non-hydrogen) atoms. The van der Waals surface area contributed by atoms with Crippen LogP contribution in [0, 0.1) is 17.8 Å². The van der Waals surface area contributed by atoms with Crippen molar-refractivity contribution in [2.45, 2.75) is 185 Å². The van der Waals surface area contributed by atoms with Crippen LogP contribution in [-0.4, -0.2) is 158 Å². The normalized spacial score (nSPS) is 41.7. The lowest BCUT2D eigenvalue weighted by molar-refractivity contribution is -0.344. The number of ketones is 1. The predicted octanol–water partition coefficient (Wildman–Crippen LogP) is 2.43. The molecule has 0 bridgehead atoms. The monoisotopic (exact) mass is 841 g/mol. The first kappa shape index (κ1) is 48.8. The van der Waals surface area contributed by atoms with Gasteiger partial charge in [-0.3, -0.25) is 19.2 Å². The summed E-state index contributed by atoms with van der Waals surface area (Å²) in [7, 11) is 4.82. The summed E-state index contributed by atoms with van der Waals surface area (Å²) in [4.78, 5) is 65.8. The molecule has 4 aliphatic heterocycles. The number of carbonyl (C=O) groups excluding carboxylic acids is 5. The summed E-state index contributed by atoms with van der Waals surface area (Å²) < 4.78 is 54.2. The molecule has 0 aromatic carbocycles. The van der Waals surface area contributed by atoms with Crippen LogP contribution in [0.4, 0.5) is 0 Å². The van der Waals surface area contributed by atoms with E-state index in [1.54, 1.807) is 59.7 Å². The molecule has 0 spiro atoms. The maximum absolute atomic E-state index is 13.4. The molecule has 17 atom stereocenters. The molecule has 3 saturated heterocycles. The number of aliphatic hydroxyl groups is 2. The van der Waals surface area contributed by atoms with Gasteiger partial charge in [0.05, 0.1) is 36.9 Å². The summed E-state index contributed by atoms with van der Waals surface area (Å²) in [5.41, 5.74) is -1.51. The Balaban J connectivity index is 1.64. The van der Waals surface area contributed by atoms with E-state index >= 15 is 0 Å². The third-order valence-electron chi connectivity index (χ3n) is 11.4. The number of ether oxygens (including phenoxy) is 9. The van der Waals surface area contributed by atoms with Gasteiger partial charge in [-0.05, 0) is 72.2 Å². The van der Waals surface area contributed by atoms with Gasteiger partial charge in [0.15, 0.2) is 24.5 Å². The van der Waals surface area contributed by atoms with Crippen molar-refractivity contribution in [3.05, 3.63) is 12.2 Å². The van der Waals surface area contributed by atoms with Gasteiger partial charge in [-0.2, -0.15) is 0 Å². The van der Waals surface area contributed by atoms with Gasteiger partial charge < -0.3 is 62.5 Å². The molecule has 17 nitrogen and oxygen atoms in total. The lowest BCUT2D eigenvalue weighted by Gasteiger charge is -2.50. The zero-order chi connectivity index (χ0) is 43.9. The number of aliphatic hydroxyl groups excluding tert-OH is 1. The van der Waals surface area contributed by atoms with Crippen molar-refractivity contribution in [3.8, 4) is 0 Å². The molecule has 4 heterocycles. The van der Waals surface area contributed by atoms with E-state index in [0.29, 0.717) is 12.7 Å². The molecule has 0 aromatic rings. The summed E-state index contributed by atoms with van der Waals surface area (Å²) in [6.45, 7) is 13.4. The number of carbonyl (C=O) groups is 5. The maximum atomic E-state index is 13.4. The average molecular weight is 842 g/mol. The van der Waals surface area contributed by atoms with Crippen molar-refractivity contribution in [1.82, 2.24) is 4.90 Å². The van der Waals surface area contributed by atoms with Gasteiger partial charge in [0.25, 0.3) is 0 Å². The van der Waals surface area contributed by atoms with Crippen molar-refractivity contribution >= 4 is 30.0 Å². The molecule has 0 saturated carbocycles. The fraction of sp³-hybridized carbons (Fsp3) is 0.833. The second-order valence-corrected chi connectivity index (χ2v) is 17.5. The molecular weight excluding hydrogens is 774 g/mol. The summed E-state index contributed by atoms with van der Waals surface area (Å²) in [6, 6.07) is -0.800. The molecule has 17 heteroatoms. The van der Waals surface area contributed by atoms with Crippen LogP contribution in [0.5, 0.6) is 0 Å². The Hall–Kier alpha value is -2.87. The highest BCUT2D eigenvalue weighted by Crippen LogP contribution is 2.38. The lowest BCUT2D eigenvalue weighted by Crippen LogP contribution is -2.66. The maximum Gasteiger partial charge on any atom is 0.309 e. The molecule has 0 aromatic heterocycles. The van der Waals surface area contributed by atoms with Crippen LogP contribution in [0.1, 0.15) is 93.9 Å².